The van der Waals surface area contributed by atoms with Crippen LogP contribution in [0.2, 0.25) is 0 Å². The quantitative estimate of drug-likeness (QED) is 0.846. The third kappa shape index (κ3) is 2.03. The molecule has 2 N–H and O–H groups in total. The lowest BCUT2D eigenvalue weighted by Gasteiger charge is -2.23. The molecular formula is C13H20N4O. The number of carbonyl (C=O) groups excluding carboxylic acids is 1. The molecule has 1 amide bonds. The Morgan fingerprint density at radius 3 is 3.06 bits per heavy atom. The van der Waals surface area contributed by atoms with E-state index in [9.17, 15) is 4.79 Å². The van der Waals surface area contributed by atoms with Crippen LogP contribution in [0.25, 0.3) is 0 Å². The molecule has 1 saturated heterocycles. The summed E-state index contributed by atoms with van der Waals surface area (Å²) in [5, 5.41) is 10.5. The van der Waals surface area contributed by atoms with Crippen molar-refractivity contribution in [1.29, 1.82) is 0 Å². The van der Waals surface area contributed by atoms with E-state index in [0.717, 1.165) is 44.6 Å². The van der Waals surface area contributed by atoms with Crippen LogP contribution in [0.4, 0.5) is 5.69 Å². The number of nitrogens with zero attached hydrogens (tertiary/aromatic N) is 2. The van der Waals surface area contributed by atoms with Gasteiger partial charge in [0.05, 0.1) is 11.9 Å². The number of nitrogens with one attached hydrogen (secondary N) is 2. The standard InChI is InChI=1S/C13H20N4O/c1-2-17-9-10(8-15-17)16-12(18)11-7-13(11)3-5-14-6-4-13/h8-9,11,14H,2-7H2,1H3,(H,16,18). The molecule has 0 bridgehead atoms. The Hall–Kier alpha value is -1.36. The van der Waals surface area contributed by atoms with Gasteiger partial charge in [-0.05, 0) is 44.7 Å². The molecule has 2 fully saturated rings. The highest BCUT2D eigenvalue weighted by Gasteiger charge is 2.57. The van der Waals surface area contributed by atoms with Gasteiger partial charge < -0.3 is 10.6 Å². The lowest BCUT2D eigenvalue weighted by Crippen LogP contribution is -2.31. The van der Waals surface area contributed by atoms with Crippen LogP contribution in [0.1, 0.15) is 26.2 Å². The number of aromatic nitrogens is 2. The summed E-state index contributed by atoms with van der Waals surface area (Å²) in [6.07, 6.45) is 6.94. The average molecular weight is 248 g/mol. The van der Waals surface area contributed by atoms with Crippen molar-refractivity contribution >= 4 is 11.6 Å². The molecule has 1 spiro atoms. The first-order chi connectivity index (χ1) is 8.73. The van der Waals surface area contributed by atoms with Crippen molar-refractivity contribution in [1.82, 2.24) is 15.1 Å². The van der Waals surface area contributed by atoms with Crippen molar-refractivity contribution in [3.8, 4) is 0 Å². The fourth-order valence-electron chi connectivity index (χ4n) is 3.03. The van der Waals surface area contributed by atoms with E-state index in [-0.39, 0.29) is 11.8 Å². The molecule has 18 heavy (non-hydrogen) atoms. The van der Waals surface area contributed by atoms with E-state index < -0.39 is 0 Å². The summed E-state index contributed by atoms with van der Waals surface area (Å²) in [5.74, 6) is 0.386. The van der Waals surface area contributed by atoms with Gasteiger partial charge in [-0.3, -0.25) is 9.48 Å². The first kappa shape index (κ1) is 11.7. The molecule has 5 nitrogen and oxygen atoms in total. The van der Waals surface area contributed by atoms with Gasteiger partial charge in [0, 0.05) is 18.7 Å². The van der Waals surface area contributed by atoms with Crippen molar-refractivity contribution in [2.45, 2.75) is 32.7 Å². The SMILES string of the molecule is CCn1cc(NC(=O)C2CC23CCNCC3)cn1. The highest BCUT2D eigenvalue weighted by Crippen LogP contribution is 2.58. The van der Waals surface area contributed by atoms with Crippen molar-refractivity contribution < 1.29 is 4.79 Å². The van der Waals surface area contributed by atoms with Gasteiger partial charge in [-0.15, -0.1) is 0 Å². The third-order valence-corrected chi connectivity index (χ3v) is 4.33. The molecule has 1 aliphatic heterocycles. The van der Waals surface area contributed by atoms with Crippen molar-refractivity contribution in [3.63, 3.8) is 0 Å². The van der Waals surface area contributed by atoms with E-state index >= 15 is 0 Å². The van der Waals surface area contributed by atoms with E-state index in [1.54, 1.807) is 6.20 Å². The smallest absolute Gasteiger partial charge is 0.228 e. The molecular weight excluding hydrogens is 228 g/mol. The van der Waals surface area contributed by atoms with E-state index in [0.29, 0.717) is 5.41 Å². The molecule has 3 rings (SSSR count). The Morgan fingerprint density at radius 1 is 1.61 bits per heavy atom. The topological polar surface area (TPSA) is 59.0 Å². The molecule has 1 aromatic rings. The predicted molar refractivity (Wildman–Crippen MR) is 69.2 cm³/mol. The van der Waals surface area contributed by atoms with Crippen LogP contribution in [0.15, 0.2) is 12.4 Å². The highest BCUT2D eigenvalue weighted by atomic mass is 16.2. The first-order valence-electron chi connectivity index (χ1n) is 6.77. The Kier molecular flexibility index (Phi) is 2.86. The molecule has 98 valence electrons. The van der Waals surface area contributed by atoms with E-state index in [2.05, 4.69) is 15.7 Å². The van der Waals surface area contributed by atoms with Crippen LogP contribution in [0.3, 0.4) is 0 Å². The number of hydrogen-bond acceptors (Lipinski definition) is 3. The third-order valence-electron chi connectivity index (χ3n) is 4.33. The average Bonchev–Trinajstić information content (AvgIpc) is 2.88. The number of carbonyl (C=O) groups is 1. The van der Waals surface area contributed by atoms with Crippen LogP contribution in [0.5, 0.6) is 0 Å². The number of anilines is 1. The summed E-state index contributed by atoms with van der Waals surface area (Å²) in [5.41, 5.74) is 1.12. The van der Waals surface area contributed by atoms with Gasteiger partial charge in [0.15, 0.2) is 0 Å². The van der Waals surface area contributed by atoms with Gasteiger partial charge in [-0.25, -0.2) is 0 Å². The van der Waals surface area contributed by atoms with E-state index in [1.807, 2.05) is 17.8 Å². The fraction of sp³-hybridized carbons (Fsp3) is 0.692. The Morgan fingerprint density at radius 2 is 2.39 bits per heavy atom. The molecule has 5 heteroatoms. The van der Waals surface area contributed by atoms with Crippen LogP contribution in [-0.4, -0.2) is 28.8 Å². The molecule has 1 atom stereocenters. The predicted octanol–water partition coefficient (Wildman–Crippen LogP) is 1.23. The van der Waals surface area contributed by atoms with Crippen molar-refractivity contribution in [2.24, 2.45) is 11.3 Å². The lowest BCUT2D eigenvalue weighted by molar-refractivity contribution is -0.118. The Bertz CT molecular complexity index is 448. The largest absolute Gasteiger partial charge is 0.323 e. The van der Waals surface area contributed by atoms with Crippen LogP contribution >= 0.6 is 0 Å². The number of piperidine rings is 1. The summed E-state index contributed by atoms with van der Waals surface area (Å²) in [4.78, 5) is 12.2. The molecule has 1 unspecified atom stereocenters. The Balaban J connectivity index is 1.59. The van der Waals surface area contributed by atoms with E-state index in [4.69, 9.17) is 0 Å². The normalized spacial score (nSPS) is 25.1. The zero-order valence-corrected chi connectivity index (χ0v) is 10.8. The van der Waals surface area contributed by atoms with Gasteiger partial charge in [-0.1, -0.05) is 0 Å². The van der Waals surface area contributed by atoms with Crippen molar-refractivity contribution in [2.75, 3.05) is 18.4 Å². The summed E-state index contributed by atoms with van der Waals surface area (Å²) >= 11 is 0. The second-order valence-corrected chi connectivity index (χ2v) is 5.44. The van der Waals surface area contributed by atoms with E-state index in [1.165, 1.54) is 0 Å². The monoisotopic (exact) mass is 248 g/mol. The van der Waals surface area contributed by atoms with Crippen molar-refractivity contribution in [3.05, 3.63) is 12.4 Å². The molecule has 1 aliphatic carbocycles. The lowest BCUT2D eigenvalue weighted by atomic mass is 9.92. The molecule has 1 aromatic heterocycles. The molecule has 1 saturated carbocycles. The first-order valence-corrected chi connectivity index (χ1v) is 6.77. The summed E-state index contributed by atoms with van der Waals surface area (Å²) < 4.78 is 1.82. The van der Waals surface area contributed by atoms with Gasteiger partial charge in [0.1, 0.15) is 0 Å². The molecule has 0 radical (unpaired) electrons. The summed E-state index contributed by atoms with van der Waals surface area (Å²) in [6, 6.07) is 0. The summed E-state index contributed by atoms with van der Waals surface area (Å²) in [6.45, 7) is 4.97. The zero-order valence-electron chi connectivity index (χ0n) is 10.8. The summed E-state index contributed by atoms with van der Waals surface area (Å²) in [7, 11) is 0. The molecule has 0 aromatic carbocycles. The maximum Gasteiger partial charge on any atom is 0.228 e. The van der Waals surface area contributed by atoms with Gasteiger partial charge in [0.25, 0.3) is 0 Å². The second kappa shape index (κ2) is 4.39. The minimum Gasteiger partial charge on any atom is -0.323 e. The maximum atomic E-state index is 12.2. The zero-order chi connectivity index (χ0) is 12.6. The highest BCUT2D eigenvalue weighted by molar-refractivity contribution is 5.94. The number of rotatable bonds is 3. The Labute approximate surface area is 107 Å². The second-order valence-electron chi connectivity index (χ2n) is 5.44. The number of aryl methyl sites for hydroxylation is 1. The number of hydrogen-bond donors (Lipinski definition) is 2. The minimum atomic E-state index is 0.174. The van der Waals surface area contributed by atoms with Gasteiger partial charge >= 0.3 is 0 Å². The van der Waals surface area contributed by atoms with Crippen LogP contribution < -0.4 is 10.6 Å². The van der Waals surface area contributed by atoms with Gasteiger partial charge in [-0.2, -0.15) is 5.10 Å². The van der Waals surface area contributed by atoms with Crippen LogP contribution in [-0.2, 0) is 11.3 Å². The van der Waals surface area contributed by atoms with Gasteiger partial charge in [0.2, 0.25) is 5.91 Å². The molecule has 2 heterocycles. The molecule has 2 aliphatic rings. The van der Waals surface area contributed by atoms with Crippen LogP contribution in [0, 0.1) is 11.3 Å². The maximum absolute atomic E-state index is 12.2. The minimum absolute atomic E-state index is 0.174. The fourth-order valence-corrected chi connectivity index (χ4v) is 3.03. The number of amides is 1.